The van der Waals surface area contributed by atoms with Crippen LogP contribution < -0.4 is 9.64 Å². The summed E-state index contributed by atoms with van der Waals surface area (Å²) < 4.78 is 18.8. The number of rotatable bonds is 7. The Bertz CT molecular complexity index is 1100. The minimum absolute atomic E-state index is 0.00910. The van der Waals surface area contributed by atoms with Crippen molar-refractivity contribution in [3.05, 3.63) is 83.4 Å². The van der Waals surface area contributed by atoms with E-state index in [1.54, 1.807) is 18.2 Å². The van der Waals surface area contributed by atoms with Gasteiger partial charge in [-0.15, -0.1) is 0 Å². The Balaban J connectivity index is 1.33. The highest BCUT2D eigenvalue weighted by Crippen LogP contribution is 2.40. The summed E-state index contributed by atoms with van der Waals surface area (Å²) in [6.45, 7) is 3.74. The molecule has 0 aliphatic carbocycles. The largest absolute Gasteiger partial charge is 0.508 e. The van der Waals surface area contributed by atoms with E-state index in [4.69, 9.17) is 4.74 Å². The number of halogens is 1. The third-order valence-electron chi connectivity index (χ3n) is 7.00. The zero-order chi connectivity index (χ0) is 23.5. The van der Waals surface area contributed by atoms with Gasteiger partial charge < -0.3 is 19.8 Å². The Labute approximate surface area is 200 Å². The fraction of sp³-hybridized carbons (Fsp3) is 0.357. The quantitative estimate of drug-likeness (QED) is 0.522. The van der Waals surface area contributed by atoms with Crippen LogP contribution in [0.4, 0.5) is 10.1 Å². The Morgan fingerprint density at radius 3 is 2.41 bits per heavy atom. The predicted molar refractivity (Wildman–Crippen MR) is 132 cm³/mol. The van der Waals surface area contributed by atoms with Gasteiger partial charge in [0.1, 0.15) is 23.9 Å². The fourth-order valence-electron chi connectivity index (χ4n) is 5.18. The van der Waals surface area contributed by atoms with Gasteiger partial charge in [-0.2, -0.15) is 0 Å². The number of hydrogen-bond donors (Lipinski definition) is 2. The second-order valence-corrected chi connectivity index (χ2v) is 9.27. The molecule has 34 heavy (non-hydrogen) atoms. The number of alkyl halides is 1. The van der Waals surface area contributed by atoms with E-state index in [-0.39, 0.29) is 30.1 Å². The molecule has 2 aliphatic heterocycles. The Morgan fingerprint density at radius 2 is 1.68 bits per heavy atom. The molecule has 5 rings (SSSR count). The molecule has 0 aromatic heterocycles. The summed E-state index contributed by atoms with van der Waals surface area (Å²) in [4.78, 5) is 4.60. The lowest BCUT2D eigenvalue weighted by Gasteiger charge is -2.39. The Kier molecular flexibility index (Phi) is 6.59. The number of anilines is 1. The zero-order valence-electron chi connectivity index (χ0n) is 19.2. The maximum absolute atomic E-state index is 12.8. The highest BCUT2D eigenvalue weighted by molar-refractivity contribution is 5.58. The number of fused-ring (bicyclic) bond motifs is 1. The van der Waals surface area contributed by atoms with Crippen LogP contribution in [0.15, 0.2) is 66.7 Å². The Morgan fingerprint density at radius 1 is 0.912 bits per heavy atom. The minimum Gasteiger partial charge on any atom is -0.508 e. The van der Waals surface area contributed by atoms with Crippen molar-refractivity contribution in [3.63, 3.8) is 0 Å². The van der Waals surface area contributed by atoms with Crippen molar-refractivity contribution in [1.29, 1.82) is 0 Å². The van der Waals surface area contributed by atoms with Crippen molar-refractivity contribution in [2.24, 2.45) is 5.92 Å². The monoisotopic (exact) mass is 462 g/mol. The van der Waals surface area contributed by atoms with Crippen LogP contribution in [0.5, 0.6) is 17.2 Å². The number of phenolic OH excluding ortho intramolecular Hbond substituents is 2. The van der Waals surface area contributed by atoms with Crippen molar-refractivity contribution < 1.29 is 19.3 Å². The van der Waals surface area contributed by atoms with Crippen LogP contribution in [-0.4, -0.2) is 54.6 Å². The number of ether oxygens (including phenoxy) is 1. The summed E-state index contributed by atoms with van der Waals surface area (Å²) in [5, 5.41) is 19.7. The van der Waals surface area contributed by atoms with Gasteiger partial charge in [-0.1, -0.05) is 18.2 Å². The van der Waals surface area contributed by atoms with E-state index >= 15 is 0 Å². The molecule has 2 N–H and O–H groups in total. The third-order valence-corrected chi connectivity index (χ3v) is 7.00. The van der Waals surface area contributed by atoms with E-state index in [0.29, 0.717) is 6.61 Å². The van der Waals surface area contributed by atoms with Gasteiger partial charge in [0.05, 0.1) is 12.7 Å². The highest BCUT2D eigenvalue weighted by Gasteiger charge is 2.29. The Hall–Kier alpha value is -3.25. The van der Waals surface area contributed by atoms with Gasteiger partial charge in [0, 0.05) is 31.2 Å². The van der Waals surface area contributed by atoms with Gasteiger partial charge in [0.25, 0.3) is 0 Å². The van der Waals surface area contributed by atoms with Gasteiger partial charge in [0.2, 0.25) is 0 Å². The molecule has 0 saturated carbocycles. The molecule has 1 saturated heterocycles. The molecule has 3 aromatic carbocycles. The molecule has 0 radical (unpaired) electrons. The van der Waals surface area contributed by atoms with Gasteiger partial charge in [0.15, 0.2) is 0 Å². The van der Waals surface area contributed by atoms with Crippen LogP contribution in [0, 0.1) is 5.92 Å². The maximum Gasteiger partial charge on any atom is 0.119 e. The number of aromatic hydroxyl groups is 2. The van der Waals surface area contributed by atoms with Crippen molar-refractivity contribution in [3.8, 4) is 17.2 Å². The molecule has 0 spiro atoms. The summed E-state index contributed by atoms with van der Waals surface area (Å²) in [6.07, 6.45) is 1.77. The van der Waals surface area contributed by atoms with E-state index in [2.05, 4.69) is 21.9 Å². The van der Waals surface area contributed by atoms with Gasteiger partial charge in [-0.25, -0.2) is 0 Å². The third kappa shape index (κ3) is 4.82. The van der Waals surface area contributed by atoms with Crippen LogP contribution in [0.1, 0.15) is 29.2 Å². The summed E-state index contributed by atoms with van der Waals surface area (Å²) in [7, 11) is 0. The SMILES string of the molecule is Oc1ccc(N2CCc3cc(O)ccc3[C@H]2c2ccc(OCCN3CC[C@@H](CF)C3)cc2)cc1. The number of phenols is 2. The van der Waals surface area contributed by atoms with Crippen LogP contribution in [0.3, 0.4) is 0 Å². The smallest absolute Gasteiger partial charge is 0.119 e. The fourth-order valence-corrected chi connectivity index (χ4v) is 5.18. The van der Waals surface area contributed by atoms with Crippen LogP contribution in [0.2, 0.25) is 0 Å². The second-order valence-electron chi connectivity index (χ2n) is 9.27. The molecule has 0 unspecified atom stereocenters. The number of nitrogens with zero attached hydrogens (tertiary/aromatic N) is 2. The zero-order valence-corrected chi connectivity index (χ0v) is 19.2. The molecule has 2 aliphatic rings. The molecule has 1 fully saturated rings. The first-order valence-corrected chi connectivity index (χ1v) is 12.0. The molecule has 5 nitrogen and oxygen atoms in total. The lowest BCUT2D eigenvalue weighted by molar-refractivity contribution is 0.228. The molecule has 0 bridgehead atoms. The summed E-state index contributed by atoms with van der Waals surface area (Å²) in [5.74, 6) is 1.53. The minimum atomic E-state index is -0.232. The lowest BCUT2D eigenvalue weighted by atomic mass is 9.87. The van der Waals surface area contributed by atoms with E-state index in [9.17, 15) is 14.6 Å². The normalized spacial score (nSPS) is 20.3. The summed E-state index contributed by atoms with van der Waals surface area (Å²) >= 11 is 0. The second kappa shape index (κ2) is 9.94. The van der Waals surface area contributed by atoms with Crippen molar-refractivity contribution in [2.45, 2.75) is 18.9 Å². The highest BCUT2D eigenvalue weighted by atomic mass is 19.1. The van der Waals surface area contributed by atoms with Gasteiger partial charge >= 0.3 is 0 Å². The molecule has 6 heteroatoms. The van der Waals surface area contributed by atoms with Crippen molar-refractivity contribution >= 4 is 5.69 Å². The van der Waals surface area contributed by atoms with Crippen molar-refractivity contribution in [1.82, 2.24) is 4.90 Å². The molecule has 2 atom stereocenters. The van der Waals surface area contributed by atoms with E-state index in [1.807, 2.05) is 36.4 Å². The standard InChI is InChI=1S/C28H31FN2O3/c29-18-20-11-13-30(19-20)15-16-34-26-8-1-21(2-9-26)28-27-10-7-25(33)17-22(27)12-14-31(28)23-3-5-24(32)6-4-23/h1-10,17,20,28,32-33H,11-16,18-19H2/t20-,28+/m0/s1. The number of benzene rings is 3. The van der Waals surface area contributed by atoms with Crippen LogP contribution in [0.25, 0.3) is 0 Å². The van der Waals surface area contributed by atoms with E-state index < -0.39 is 0 Å². The van der Waals surface area contributed by atoms with E-state index in [1.165, 1.54) is 5.56 Å². The van der Waals surface area contributed by atoms with Crippen molar-refractivity contribution in [2.75, 3.05) is 44.4 Å². The van der Waals surface area contributed by atoms with Crippen LogP contribution in [-0.2, 0) is 6.42 Å². The first kappa shape index (κ1) is 22.5. The molecule has 0 amide bonds. The van der Waals surface area contributed by atoms with E-state index in [0.717, 1.165) is 61.6 Å². The van der Waals surface area contributed by atoms with Gasteiger partial charge in [-0.3, -0.25) is 9.29 Å². The topological polar surface area (TPSA) is 56.2 Å². The molecule has 3 aromatic rings. The molecule has 178 valence electrons. The predicted octanol–water partition coefficient (Wildman–Crippen LogP) is 4.92. The number of likely N-dealkylation sites (tertiary alicyclic amines) is 1. The van der Waals surface area contributed by atoms with Gasteiger partial charge in [-0.05, 0) is 84.6 Å². The average molecular weight is 463 g/mol. The summed E-state index contributed by atoms with van der Waals surface area (Å²) in [6, 6.07) is 21.1. The van der Waals surface area contributed by atoms with Crippen LogP contribution >= 0.6 is 0 Å². The molecular weight excluding hydrogens is 431 g/mol. The number of hydrogen-bond acceptors (Lipinski definition) is 5. The molecule has 2 heterocycles. The molecular formula is C28H31FN2O3. The lowest BCUT2D eigenvalue weighted by Crippen LogP contribution is -2.36. The average Bonchev–Trinajstić information content (AvgIpc) is 3.32. The summed E-state index contributed by atoms with van der Waals surface area (Å²) in [5.41, 5.74) is 4.50. The maximum atomic E-state index is 12.8. The first-order chi connectivity index (χ1) is 16.6. The first-order valence-electron chi connectivity index (χ1n) is 12.0.